The summed E-state index contributed by atoms with van der Waals surface area (Å²) in [6.07, 6.45) is 1.21. The number of nitrogens with one attached hydrogen (secondary N) is 1. The number of halogens is 1. The highest BCUT2D eigenvalue weighted by molar-refractivity contribution is 9.10. The maximum absolute atomic E-state index is 11.6. The highest BCUT2D eigenvalue weighted by Crippen LogP contribution is 2.06. The fourth-order valence-electron chi connectivity index (χ4n) is 1.05. The third-order valence-corrected chi connectivity index (χ3v) is 2.20. The predicted octanol–water partition coefficient (Wildman–Crippen LogP) is 1.16. The first kappa shape index (κ1) is 10.7. The average molecular weight is 283 g/mol. The highest BCUT2D eigenvalue weighted by Gasteiger charge is 2.08. The average Bonchev–Trinajstić information content (AvgIpc) is 2.78. The molecule has 0 bridgehead atoms. The van der Waals surface area contributed by atoms with Gasteiger partial charge >= 0.3 is 0 Å². The molecule has 2 rings (SSSR count). The monoisotopic (exact) mass is 282 g/mol. The zero-order valence-electron chi connectivity index (χ0n) is 8.05. The highest BCUT2D eigenvalue weighted by atomic mass is 79.9. The van der Waals surface area contributed by atoms with Crippen LogP contribution in [-0.4, -0.2) is 21.0 Å². The summed E-state index contributed by atoms with van der Waals surface area (Å²) in [7, 11) is 0. The molecule has 0 fully saturated rings. The van der Waals surface area contributed by atoms with Gasteiger partial charge in [0.25, 0.3) is 5.91 Å². The maximum atomic E-state index is 11.6. The van der Waals surface area contributed by atoms with E-state index in [0.717, 1.165) is 0 Å². The molecular formula is C9H7BrN4O2. The number of aromatic nitrogens is 3. The van der Waals surface area contributed by atoms with Crippen LogP contribution in [-0.2, 0) is 6.54 Å². The van der Waals surface area contributed by atoms with E-state index < -0.39 is 0 Å². The molecule has 0 saturated carbocycles. The molecule has 1 N–H and O–H groups in total. The van der Waals surface area contributed by atoms with Gasteiger partial charge in [0, 0.05) is 0 Å². The molecule has 2 aromatic heterocycles. The molecule has 16 heavy (non-hydrogen) atoms. The molecule has 6 nitrogen and oxygen atoms in total. The lowest BCUT2D eigenvalue weighted by Crippen LogP contribution is -2.24. The molecular weight excluding hydrogens is 276 g/mol. The van der Waals surface area contributed by atoms with Gasteiger partial charge in [-0.15, -0.1) is 0 Å². The number of hydrogen-bond donors (Lipinski definition) is 1. The van der Waals surface area contributed by atoms with Crippen LogP contribution in [0.3, 0.4) is 0 Å². The molecule has 0 saturated heterocycles. The van der Waals surface area contributed by atoms with E-state index >= 15 is 0 Å². The van der Waals surface area contributed by atoms with Crippen LogP contribution in [0.4, 0.5) is 0 Å². The van der Waals surface area contributed by atoms with Crippen molar-refractivity contribution in [2.45, 2.75) is 6.54 Å². The van der Waals surface area contributed by atoms with Crippen molar-refractivity contribution >= 4 is 21.8 Å². The Morgan fingerprint density at radius 1 is 1.50 bits per heavy atom. The van der Waals surface area contributed by atoms with Gasteiger partial charge in [-0.3, -0.25) is 4.79 Å². The van der Waals surface area contributed by atoms with Gasteiger partial charge < -0.3 is 9.84 Å². The van der Waals surface area contributed by atoms with Crippen LogP contribution >= 0.6 is 15.9 Å². The largest absolute Gasteiger partial charge is 0.343 e. The Kier molecular flexibility index (Phi) is 3.25. The molecule has 0 spiro atoms. The lowest BCUT2D eigenvalue weighted by atomic mass is 10.3. The van der Waals surface area contributed by atoms with Crippen LogP contribution in [0, 0.1) is 0 Å². The van der Waals surface area contributed by atoms with E-state index in [0.29, 0.717) is 16.1 Å². The Balaban J connectivity index is 1.98. The molecule has 2 heterocycles. The van der Waals surface area contributed by atoms with E-state index in [1.807, 2.05) is 0 Å². The summed E-state index contributed by atoms with van der Waals surface area (Å²) in [6, 6.07) is 5.10. The van der Waals surface area contributed by atoms with Crippen molar-refractivity contribution in [2.75, 3.05) is 0 Å². The number of hydrogen-bond acceptors (Lipinski definition) is 5. The molecule has 0 aliphatic rings. The first-order valence-corrected chi connectivity index (χ1v) is 5.21. The molecule has 7 heteroatoms. The summed E-state index contributed by atoms with van der Waals surface area (Å²) in [4.78, 5) is 19.4. The number of rotatable bonds is 3. The quantitative estimate of drug-likeness (QED) is 0.855. The lowest BCUT2D eigenvalue weighted by molar-refractivity contribution is 0.0944. The minimum absolute atomic E-state index is 0.212. The second-order valence-corrected chi connectivity index (χ2v) is 3.69. The second-order valence-electron chi connectivity index (χ2n) is 2.88. The summed E-state index contributed by atoms with van der Waals surface area (Å²) in [5, 5.41) is 6.19. The zero-order valence-corrected chi connectivity index (χ0v) is 9.64. The Hall–Kier alpha value is -1.76. The molecule has 0 atom stereocenters. The molecule has 1 amide bonds. The first-order valence-electron chi connectivity index (χ1n) is 4.42. The minimum Gasteiger partial charge on any atom is -0.343 e. The van der Waals surface area contributed by atoms with Crippen molar-refractivity contribution in [1.29, 1.82) is 0 Å². The number of carbonyl (C=O) groups excluding carboxylic acids is 1. The van der Waals surface area contributed by atoms with Gasteiger partial charge in [-0.1, -0.05) is 11.2 Å². The SMILES string of the molecule is O=C(NCc1ncon1)c1cccc(Br)n1. The van der Waals surface area contributed by atoms with E-state index in [9.17, 15) is 4.79 Å². The van der Waals surface area contributed by atoms with Gasteiger partial charge in [-0.25, -0.2) is 4.98 Å². The van der Waals surface area contributed by atoms with Crippen molar-refractivity contribution in [1.82, 2.24) is 20.4 Å². The lowest BCUT2D eigenvalue weighted by Gasteiger charge is -2.01. The smallest absolute Gasteiger partial charge is 0.270 e. The molecule has 0 aliphatic heterocycles. The van der Waals surface area contributed by atoms with Crippen molar-refractivity contribution in [3.05, 3.63) is 40.7 Å². The molecule has 0 aliphatic carbocycles. The van der Waals surface area contributed by atoms with Crippen molar-refractivity contribution in [3.8, 4) is 0 Å². The van der Waals surface area contributed by atoms with Crippen molar-refractivity contribution < 1.29 is 9.32 Å². The number of amides is 1. The van der Waals surface area contributed by atoms with Gasteiger partial charge in [0.2, 0.25) is 6.39 Å². The van der Waals surface area contributed by atoms with Crippen LogP contribution in [0.15, 0.2) is 33.7 Å². The number of carbonyl (C=O) groups is 1. The van der Waals surface area contributed by atoms with E-state index in [4.69, 9.17) is 0 Å². The van der Waals surface area contributed by atoms with Gasteiger partial charge in [0.1, 0.15) is 10.3 Å². The second kappa shape index (κ2) is 4.84. The Morgan fingerprint density at radius 3 is 3.06 bits per heavy atom. The van der Waals surface area contributed by atoms with Crippen LogP contribution in [0.25, 0.3) is 0 Å². The molecule has 2 aromatic rings. The molecule has 0 unspecified atom stereocenters. The number of nitrogens with zero attached hydrogens (tertiary/aromatic N) is 3. The third-order valence-electron chi connectivity index (χ3n) is 1.76. The van der Waals surface area contributed by atoms with Crippen LogP contribution in [0.5, 0.6) is 0 Å². The zero-order chi connectivity index (χ0) is 11.4. The van der Waals surface area contributed by atoms with E-state index in [1.165, 1.54) is 6.39 Å². The van der Waals surface area contributed by atoms with E-state index in [2.05, 4.69) is 40.9 Å². The van der Waals surface area contributed by atoms with Crippen LogP contribution < -0.4 is 5.32 Å². The third kappa shape index (κ3) is 2.63. The van der Waals surface area contributed by atoms with Gasteiger partial charge in [-0.05, 0) is 28.1 Å². The van der Waals surface area contributed by atoms with Crippen LogP contribution in [0.2, 0.25) is 0 Å². The number of pyridine rings is 1. The summed E-state index contributed by atoms with van der Waals surface area (Å²) < 4.78 is 5.15. The molecule has 0 radical (unpaired) electrons. The molecule has 0 aromatic carbocycles. The summed E-state index contributed by atoms with van der Waals surface area (Å²) in [5.41, 5.74) is 0.331. The minimum atomic E-state index is -0.286. The van der Waals surface area contributed by atoms with E-state index in [-0.39, 0.29) is 12.5 Å². The molecule has 82 valence electrons. The Morgan fingerprint density at radius 2 is 2.38 bits per heavy atom. The standard InChI is InChI=1S/C9H7BrN4O2/c10-7-3-1-2-6(13-7)9(15)11-4-8-12-5-16-14-8/h1-3,5H,4H2,(H,11,15). The predicted molar refractivity (Wildman–Crippen MR) is 57.4 cm³/mol. The van der Waals surface area contributed by atoms with Gasteiger partial charge in [-0.2, -0.15) is 4.98 Å². The Bertz CT molecular complexity index is 486. The maximum Gasteiger partial charge on any atom is 0.270 e. The fourth-order valence-corrected chi connectivity index (χ4v) is 1.40. The van der Waals surface area contributed by atoms with Gasteiger partial charge in [0.05, 0.1) is 6.54 Å². The van der Waals surface area contributed by atoms with Crippen molar-refractivity contribution in [3.63, 3.8) is 0 Å². The summed E-state index contributed by atoms with van der Waals surface area (Å²) in [6.45, 7) is 0.212. The summed E-state index contributed by atoms with van der Waals surface area (Å²) in [5.74, 6) is 0.134. The topological polar surface area (TPSA) is 80.9 Å². The van der Waals surface area contributed by atoms with Crippen molar-refractivity contribution in [2.24, 2.45) is 0 Å². The normalized spacial score (nSPS) is 10.1. The van der Waals surface area contributed by atoms with E-state index in [1.54, 1.807) is 18.2 Å². The fraction of sp³-hybridized carbons (Fsp3) is 0.111. The Labute approximate surface area is 99.2 Å². The van der Waals surface area contributed by atoms with Gasteiger partial charge in [0.15, 0.2) is 5.82 Å². The first-order chi connectivity index (χ1) is 7.75. The summed E-state index contributed by atoms with van der Waals surface area (Å²) >= 11 is 3.19. The van der Waals surface area contributed by atoms with Crippen LogP contribution in [0.1, 0.15) is 16.3 Å².